The average Bonchev–Trinajstić information content (AvgIpc) is 2.81. The molecule has 0 heterocycles. The van der Waals surface area contributed by atoms with Crippen molar-refractivity contribution in [3.05, 3.63) is 72.3 Å². The fraction of sp³-hybridized carbons (Fsp3) is 0.308. The van der Waals surface area contributed by atoms with E-state index in [4.69, 9.17) is 18.9 Å². The third kappa shape index (κ3) is 6.09. The maximum absolute atomic E-state index is 12.3. The number of rotatable bonds is 10. The predicted molar refractivity (Wildman–Crippen MR) is 125 cm³/mol. The molecule has 0 saturated heterocycles. The van der Waals surface area contributed by atoms with Gasteiger partial charge in [-0.1, -0.05) is 44.3 Å². The lowest BCUT2D eigenvalue weighted by molar-refractivity contribution is -0.254. The van der Waals surface area contributed by atoms with Gasteiger partial charge in [0.2, 0.25) is 5.79 Å². The lowest BCUT2D eigenvalue weighted by Gasteiger charge is -2.34. The summed E-state index contributed by atoms with van der Waals surface area (Å²) in [5.74, 6) is -2.13. The minimum atomic E-state index is -1.77. The van der Waals surface area contributed by atoms with Crippen LogP contribution in [0, 0.1) is 0 Å². The Morgan fingerprint density at radius 1 is 0.970 bits per heavy atom. The van der Waals surface area contributed by atoms with Crippen molar-refractivity contribution in [3.63, 3.8) is 0 Å². The van der Waals surface area contributed by atoms with Crippen LogP contribution in [0.2, 0.25) is 0 Å². The molecule has 0 saturated carbocycles. The molecule has 2 unspecified atom stereocenters. The van der Waals surface area contributed by atoms with Gasteiger partial charge >= 0.3 is 11.9 Å². The Morgan fingerprint density at radius 3 is 2.03 bits per heavy atom. The normalized spacial score (nSPS) is 13.4. The zero-order chi connectivity index (χ0) is 24.8. The quantitative estimate of drug-likeness (QED) is 0.240. The molecule has 7 nitrogen and oxygen atoms in total. The third-order valence-corrected chi connectivity index (χ3v) is 5.11. The van der Waals surface area contributed by atoms with E-state index in [2.05, 4.69) is 13.2 Å². The van der Waals surface area contributed by atoms with Crippen LogP contribution >= 0.6 is 0 Å². The molecule has 2 aromatic rings. The van der Waals surface area contributed by atoms with E-state index >= 15 is 0 Å². The molecule has 0 bridgehead atoms. The Balaban J connectivity index is 2.44. The number of ether oxygens (including phenoxy) is 4. The maximum atomic E-state index is 12.3. The van der Waals surface area contributed by atoms with Crippen molar-refractivity contribution in [1.29, 1.82) is 0 Å². The number of hydrogen-bond donors (Lipinski definition) is 1. The zero-order valence-corrected chi connectivity index (χ0v) is 19.6. The first-order valence-electron chi connectivity index (χ1n) is 10.4. The molecule has 7 heteroatoms. The fourth-order valence-corrected chi connectivity index (χ4v) is 3.06. The SMILES string of the molecule is C=C(C)C(=O)Oc1ccc(-c2ccc(C(OC(=O)C(=C)C)C(O)(CC)OC)c(OC)c2)cc1. The van der Waals surface area contributed by atoms with Gasteiger partial charge in [-0.3, -0.25) is 0 Å². The van der Waals surface area contributed by atoms with Gasteiger partial charge in [-0.15, -0.1) is 0 Å². The van der Waals surface area contributed by atoms with E-state index in [9.17, 15) is 14.7 Å². The van der Waals surface area contributed by atoms with Crippen molar-refractivity contribution >= 4 is 11.9 Å². The average molecular weight is 455 g/mol. The monoisotopic (exact) mass is 454 g/mol. The summed E-state index contributed by atoms with van der Waals surface area (Å²) in [4.78, 5) is 24.0. The number of methoxy groups -OCH3 is 2. The second-order valence-electron chi connectivity index (χ2n) is 7.62. The number of esters is 2. The summed E-state index contributed by atoms with van der Waals surface area (Å²) in [6, 6.07) is 12.2. The largest absolute Gasteiger partial charge is 0.496 e. The number of carbonyl (C=O) groups is 2. The van der Waals surface area contributed by atoms with Crippen molar-refractivity contribution in [2.45, 2.75) is 39.1 Å². The van der Waals surface area contributed by atoms with Crippen LogP contribution in [-0.2, 0) is 19.1 Å². The first-order chi connectivity index (χ1) is 15.6. The second kappa shape index (κ2) is 10.9. The topological polar surface area (TPSA) is 91.3 Å². The molecule has 0 aromatic heterocycles. The van der Waals surface area contributed by atoms with E-state index in [1.54, 1.807) is 56.3 Å². The van der Waals surface area contributed by atoms with E-state index < -0.39 is 23.8 Å². The molecule has 0 amide bonds. The van der Waals surface area contributed by atoms with E-state index in [1.165, 1.54) is 21.1 Å². The fourth-order valence-electron chi connectivity index (χ4n) is 3.06. The summed E-state index contributed by atoms with van der Waals surface area (Å²) in [5, 5.41) is 11.0. The van der Waals surface area contributed by atoms with Gasteiger partial charge in [0.1, 0.15) is 11.5 Å². The molecule has 33 heavy (non-hydrogen) atoms. The molecule has 0 spiro atoms. The van der Waals surface area contributed by atoms with Crippen molar-refractivity contribution in [3.8, 4) is 22.6 Å². The highest BCUT2D eigenvalue weighted by Gasteiger charge is 2.41. The van der Waals surface area contributed by atoms with Crippen LogP contribution in [0.5, 0.6) is 11.5 Å². The molecule has 1 N–H and O–H groups in total. The Kier molecular flexibility index (Phi) is 8.56. The summed E-state index contributed by atoms with van der Waals surface area (Å²) >= 11 is 0. The van der Waals surface area contributed by atoms with Gasteiger partial charge in [-0.2, -0.15) is 0 Å². The Labute approximate surface area is 194 Å². The highest BCUT2D eigenvalue weighted by molar-refractivity contribution is 5.89. The van der Waals surface area contributed by atoms with E-state index in [0.29, 0.717) is 22.6 Å². The van der Waals surface area contributed by atoms with Gasteiger partial charge in [0.15, 0.2) is 6.10 Å². The third-order valence-electron chi connectivity index (χ3n) is 5.11. The number of benzene rings is 2. The molecule has 2 aromatic carbocycles. The lowest BCUT2D eigenvalue weighted by Crippen LogP contribution is -2.40. The molecule has 0 radical (unpaired) electrons. The first-order valence-corrected chi connectivity index (χ1v) is 10.4. The maximum Gasteiger partial charge on any atom is 0.338 e. The molecule has 176 valence electrons. The first kappa shape index (κ1) is 25.8. The lowest BCUT2D eigenvalue weighted by atomic mass is 9.95. The second-order valence-corrected chi connectivity index (χ2v) is 7.62. The summed E-state index contributed by atoms with van der Waals surface area (Å²) in [6.45, 7) is 12.0. The summed E-state index contributed by atoms with van der Waals surface area (Å²) in [7, 11) is 2.83. The molecular weight excluding hydrogens is 424 g/mol. The number of carbonyl (C=O) groups excluding carboxylic acids is 2. The number of aliphatic hydroxyl groups is 1. The smallest absolute Gasteiger partial charge is 0.338 e. The van der Waals surface area contributed by atoms with Crippen molar-refractivity contribution in [2.24, 2.45) is 0 Å². The Bertz CT molecular complexity index is 1030. The molecule has 0 fully saturated rings. The van der Waals surface area contributed by atoms with Crippen LogP contribution < -0.4 is 9.47 Å². The molecule has 0 aliphatic heterocycles. The van der Waals surface area contributed by atoms with Crippen LogP contribution in [0.15, 0.2) is 66.8 Å². The Hall–Kier alpha value is -3.42. The van der Waals surface area contributed by atoms with Crippen LogP contribution in [0.25, 0.3) is 11.1 Å². The van der Waals surface area contributed by atoms with Crippen molar-refractivity contribution < 1.29 is 33.6 Å². The van der Waals surface area contributed by atoms with Gasteiger partial charge in [-0.05, 0) is 43.2 Å². The predicted octanol–water partition coefficient (Wildman–Crippen LogP) is 4.75. The van der Waals surface area contributed by atoms with E-state index in [1.807, 2.05) is 0 Å². The molecular formula is C26H30O7. The van der Waals surface area contributed by atoms with Gasteiger partial charge in [0, 0.05) is 30.2 Å². The molecule has 2 atom stereocenters. The van der Waals surface area contributed by atoms with E-state index in [-0.39, 0.29) is 12.0 Å². The molecule has 0 aliphatic rings. The van der Waals surface area contributed by atoms with E-state index in [0.717, 1.165) is 11.1 Å². The summed E-state index contributed by atoms with van der Waals surface area (Å²) < 4.78 is 21.6. The molecule has 0 aliphatic carbocycles. The van der Waals surface area contributed by atoms with Crippen molar-refractivity contribution in [1.82, 2.24) is 0 Å². The zero-order valence-electron chi connectivity index (χ0n) is 19.6. The number of hydrogen-bond acceptors (Lipinski definition) is 7. The van der Waals surface area contributed by atoms with Gasteiger partial charge < -0.3 is 24.1 Å². The summed E-state index contributed by atoms with van der Waals surface area (Å²) in [6.07, 6.45) is -0.989. The van der Waals surface area contributed by atoms with Gasteiger partial charge in [0.25, 0.3) is 0 Å². The highest BCUT2D eigenvalue weighted by atomic mass is 16.7. The summed E-state index contributed by atoms with van der Waals surface area (Å²) in [5.41, 5.74) is 2.58. The van der Waals surface area contributed by atoms with Crippen LogP contribution in [0.4, 0.5) is 0 Å². The minimum Gasteiger partial charge on any atom is -0.496 e. The Morgan fingerprint density at radius 2 is 1.55 bits per heavy atom. The minimum absolute atomic E-state index is 0.160. The van der Waals surface area contributed by atoms with Crippen LogP contribution in [-0.4, -0.2) is 37.1 Å². The van der Waals surface area contributed by atoms with Gasteiger partial charge in [-0.25, -0.2) is 9.59 Å². The standard InChI is InChI=1S/C26H30O7/c1-8-26(29,31-7)23(33-25(28)17(4)5)21-14-11-19(15-22(21)30-6)18-9-12-20(13-10-18)32-24(27)16(2)3/h9-15,23,29H,2,4,8H2,1,3,5-7H3. The van der Waals surface area contributed by atoms with Crippen molar-refractivity contribution in [2.75, 3.05) is 14.2 Å². The van der Waals surface area contributed by atoms with Crippen LogP contribution in [0.1, 0.15) is 38.9 Å². The van der Waals surface area contributed by atoms with Crippen LogP contribution in [0.3, 0.4) is 0 Å². The molecule has 2 rings (SSSR count). The highest BCUT2D eigenvalue weighted by Crippen LogP contribution is 2.40. The van der Waals surface area contributed by atoms with Gasteiger partial charge in [0.05, 0.1) is 7.11 Å².